The number of carboxylic acid groups (broad SMARTS) is 1. The molecule has 2 aromatic rings. The van der Waals surface area contributed by atoms with E-state index in [9.17, 15) is 19.5 Å². The molecule has 0 fully saturated rings. The third-order valence-corrected chi connectivity index (χ3v) is 4.48. The van der Waals surface area contributed by atoms with Crippen molar-refractivity contribution in [1.82, 2.24) is 4.90 Å². The summed E-state index contributed by atoms with van der Waals surface area (Å²) >= 11 is 0. The molecule has 0 heterocycles. The molecule has 0 saturated carbocycles. The average molecular weight is 383 g/mol. The smallest absolute Gasteiger partial charge is 0.326 e. The summed E-state index contributed by atoms with van der Waals surface area (Å²) in [7, 11) is 1.52. The molecule has 0 radical (unpaired) electrons. The van der Waals surface area contributed by atoms with Gasteiger partial charge in [0.05, 0.1) is 6.61 Å². The van der Waals surface area contributed by atoms with Crippen molar-refractivity contribution in [2.24, 2.45) is 0 Å². The average Bonchev–Trinajstić information content (AvgIpc) is 2.69. The van der Waals surface area contributed by atoms with Crippen molar-refractivity contribution in [3.8, 4) is 5.75 Å². The van der Waals surface area contributed by atoms with E-state index < -0.39 is 12.0 Å². The van der Waals surface area contributed by atoms with E-state index in [4.69, 9.17) is 4.74 Å². The lowest BCUT2D eigenvalue weighted by Crippen LogP contribution is -2.43. The number of carbonyl (C=O) groups excluding carboxylic acids is 2. The second-order valence-electron chi connectivity index (χ2n) is 6.58. The number of Topliss-reactive ketones (excluding diaryl/α,β-unsaturated/α-hetero) is 1. The molecular formula is C22H25NO5. The van der Waals surface area contributed by atoms with Gasteiger partial charge in [-0.2, -0.15) is 0 Å². The first-order chi connectivity index (χ1) is 13.4. The molecule has 28 heavy (non-hydrogen) atoms. The number of nitrogens with zero attached hydrogens (tertiary/aromatic N) is 1. The van der Waals surface area contributed by atoms with Crippen LogP contribution in [0.4, 0.5) is 0 Å². The first-order valence-electron chi connectivity index (χ1n) is 9.14. The SMILES string of the molecule is CC(=O)c1ccc(OCCCC(=O)N(C)C(Cc2ccccc2)C(=O)O)cc1. The van der Waals surface area contributed by atoms with Crippen molar-refractivity contribution < 1.29 is 24.2 Å². The summed E-state index contributed by atoms with van der Waals surface area (Å²) in [5.74, 6) is -0.651. The van der Waals surface area contributed by atoms with Gasteiger partial charge < -0.3 is 14.7 Å². The van der Waals surface area contributed by atoms with Crippen LogP contribution in [0.1, 0.15) is 35.7 Å². The van der Waals surface area contributed by atoms with Crippen LogP contribution in [0.3, 0.4) is 0 Å². The van der Waals surface area contributed by atoms with Crippen LogP contribution < -0.4 is 4.74 Å². The van der Waals surface area contributed by atoms with Gasteiger partial charge in [-0.3, -0.25) is 9.59 Å². The molecule has 0 aromatic heterocycles. The van der Waals surface area contributed by atoms with Crippen molar-refractivity contribution in [3.63, 3.8) is 0 Å². The van der Waals surface area contributed by atoms with Gasteiger partial charge in [0, 0.05) is 25.5 Å². The number of carbonyl (C=O) groups is 3. The minimum Gasteiger partial charge on any atom is -0.494 e. The molecule has 1 amide bonds. The Bertz CT molecular complexity index is 801. The fourth-order valence-corrected chi connectivity index (χ4v) is 2.78. The Morgan fingerprint density at radius 3 is 2.25 bits per heavy atom. The Balaban J connectivity index is 1.81. The maximum atomic E-state index is 12.4. The molecule has 0 aliphatic rings. The van der Waals surface area contributed by atoms with Crippen LogP contribution in [-0.4, -0.2) is 47.4 Å². The van der Waals surface area contributed by atoms with Crippen LogP contribution in [0, 0.1) is 0 Å². The third kappa shape index (κ3) is 6.23. The van der Waals surface area contributed by atoms with Gasteiger partial charge in [0.25, 0.3) is 0 Å². The van der Waals surface area contributed by atoms with Gasteiger partial charge in [-0.1, -0.05) is 30.3 Å². The molecule has 0 bridgehead atoms. The lowest BCUT2D eigenvalue weighted by molar-refractivity contribution is -0.149. The van der Waals surface area contributed by atoms with Gasteiger partial charge >= 0.3 is 5.97 Å². The van der Waals surface area contributed by atoms with E-state index in [0.717, 1.165) is 5.56 Å². The Hall–Kier alpha value is -3.15. The van der Waals surface area contributed by atoms with Gasteiger partial charge in [-0.05, 0) is 43.2 Å². The minimum absolute atomic E-state index is 0.0105. The van der Waals surface area contributed by atoms with Gasteiger partial charge in [0.1, 0.15) is 11.8 Å². The Morgan fingerprint density at radius 2 is 1.68 bits per heavy atom. The molecule has 1 N–H and O–H groups in total. The predicted molar refractivity (Wildman–Crippen MR) is 106 cm³/mol. The number of hydrogen-bond donors (Lipinski definition) is 1. The summed E-state index contributed by atoms with van der Waals surface area (Å²) in [5.41, 5.74) is 1.48. The maximum Gasteiger partial charge on any atom is 0.326 e. The number of benzene rings is 2. The molecule has 0 aliphatic carbocycles. The molecule has 6 nitrogen and oxygen atoms in total. The van der Waals surface area contributed by atoms with E-state index in [1.807, 2.05) is 30.3 Å². The van der Waals surface area contributed by atoms with E-state index in [1.54, 1.807) is 24.3 Å². The van der Waals surface area contributed by atoms with Crippen LogP contribution >= 0.6 is 0 Å². The van der Waals surface area contributed by atoms with Crippen molar-refractivity contribution in [1.29, 1.82) is 0 Å². The molecular weight excluding hydrogens is 358 g/mol. The van der Waals surface area contributed by atoms with E-state index in [0.29, 0.717) is 24.3 Å². The second-order valence-corrected chi connectivity index (χ2v) is 6.58. The van der Waals surface area contributed by atoms with Gasteiger partial charge in [0.15, 0.2) is 5.78 Å². The lowest BCUT2D eigenvalue weighted by Gasteiger charge is -2.25. The van der Waals surface area contributed by atoms with E-state index in [1.165, 1.54) is 18.9 Å². The molecule has 1 atom stereocenters. The van der Waals surface area contributed by atoms with Crippen LogP contribution in [0.2, 0.25) is 0 Å². The number of amides is 1. The largest absolute Gasteiger partial charge is 0.494 e. The Labute approximate surface area is 164 Å². The number of rotatable bonds is 10. The number of ether oxygens (including phenoxy) is 1. The topological polar surface area (TPSA) is 83.9 Å². The standard InChI is InChI=1S/C22H25NO5/c1-16(24)18-10-12-19(13-11-18)28-14-6-9-21(25)23(2)20(22(26)27)15-17-7-4-3-5-8-17/h3-5,7-8,10-13,20H,6,9,14-15H2,1-2H3,(H,26,27). The summed E-state index contributed by atoms with van der Waals surface area (Å²) in [6, 6.07) is 15.1. The highest BCUT2D eigenvalue weighted by molar-refractivity contribution is 5.94. The molecule has 148 valence electrons. The fraction of sp³-hybridized carbons (Fsp3) is 0.318. The highest BCUT2D eigenvalue weighted by atomic mass is 16.5. The van der Waals surface area contributed by atoms with Crippen LogP contribution in [0.5, 0.6) is 5.75 Å². The monoisotopic (exact) mass is 383 g/mol. The van der Waals surface area contributed by atoms with Gasteiger partial charge in [-0.15, -0.1) is 0 Å². The Morgan fingerprint density at radius 1 is 1.04 bits per heavy atom. The van der Waals surface area contributed by atoms with Crippen molar-refractivity contribution in [3.05, 3.63) is 65.7 Å². The molecule has 0 spiro atoms. The summed E-state index contributed by atoms with van der Waals surface area (Å²) < 4.78 is 5.58. The summed E-state index contributed by atoms with van der Waals surface area (Å²) in [4.78, 5) is 36.5. The summed E-state index contributed by atoms with van der Waals surface area (Å²) in [5, 5.41) is 9.49. The third-order valence-electron chi connectivity index (χ3n) is 4.48. The quantitative estimate of drug-likeness (QED) is 0.503. The number of aliphatic carboxylic acids is 1. The van der Waals surface area contributed by atoms with Crippen LogP contribution in [0.15, 0.2) is 54.6 Å². The molecule has 2 aromatic carbocycles. The first kappa shape index (κ1) is 21.2. The van der Waals surface area contributed by atoms with Crippen LogP contribution in [0.25, 0.3) is 0 Å². The van der Waals surface area contributed by atoms with Crippen molar-refractivity contribution in [2.45, 2.75) is 32.2 Å². The minimum atomic E-state index is -1.03. The Kier molecular flexibility index (Phi) is 7.75. The zero-order chi connectivity index (χ0) is 20.5. The normalized spacial score (nSPS) is 11.5. The number of hydrogen-bond acceptors (Lipinski definition) is 4. The van der Waals surface area contributed by atoms with Crippen molar-refractivity contribution in [2.75, 3.05) is 13.7 Å². The lowest BCUT2D eigenvalue weighted by atomic mass is 10.0. The number of carboxylic acids is 1. The second kappa shape index (κ2) is 10.3. The molecule has 2 rings (SSSR count). The van der Waals surface area contributed by atoms with E-state index in [2.05, 4.69) is 0 Å². The van der Waals surface area contributed by atoms with Gasteiger partial charge in [0.2, 0.25) is 5.91 Å². The van der Waals surface area contributed by atoms with Crippen LogP contribution in [-0.2, 0) is 16.0 Å². The zero-order valence-electron chi connectivity index (χ0n) is 16.1. The molecule has 6 heteroatoms. The highest BCUT2D eigenvalue weighted by Crippen LogP contribution is 2.14. The number of ketones is 1. The number of likely N-dealkylation sites (N-methyl/N-ethyl adjacent to an activating group) is 1. The van der Waals surface area contributed by atoms with Crippen molar-refractivity contribution >= 4 is 17.7 Å². The molecule has 1 unspecified atom stereocenters. The van der Waals surface area contributed by atoms with Gasteiger partial charge in [-0.25, -0.2) is 4.79 Å². The fourth-order valence-electron chi connectivity index (χ4n) is 2.78. The first-order valence-corrected chi connectivity index (χ1v) is 9.14. The molecule has 0 saturated heterocycles. The maximum absolute atomic E-state index is 12.4. The van der Waals surface area contributed by atoms with E-state index >= 15 is 0 Å². The summed E-state index contributed by atoms with van der Waals surface area (Å²) in [6.45, 7) is 1.83. The zero-order valence-corrected chi connectivity index (χ0v) is 16.1. The predicted octanol–water partition coefficient (Wildman–Crippen LogP) is 3.20. The van der Waals surface area contributed by atoms with E-state index in [-0.39, 0.29) is 24.5 Å². The highest BCUT2D eigenvalue weighted by Gasteiger charge is 2.26. The summed E-state index contributed by atoms with van der Waals surface area (Å²) in [6.07, 6.45) is 0.924. The molecule has 0 aliphatic heterocycles.